The van der Waals surface area contributed by atoms with Crippen LogP contribution in [0.25, 0.3) is 22.3 Å². The van der Waals surface area contributed by atoms with Crippen LogP contribution in [0.3, 0.4) is 0 Å². The van der Waals surface area contributed by atoms with E-state index in [1.165, 1.54) is 0 Å². The summed E-state index contributed by atoms with van der Waals surface area (Å²) in [6.07, 6.45) is 0. The van der Waals surface area contributed by atoms with Gasteiger partial charge >= 0.3 is 0 Å². The zero-order valence-corrected chi connectivity index (χ0v) is 18.3. The number of hydrogen-bond donors (Lipinski definition) is 2. The maximum atomic E-state index is 10.9. The van der Waals surface area contributed by atoms with Crippen molar-refractivity contribution >= 4 is 31.9 Å². The van der Waals surface area contributed by atoms with E-state index < -0.39 is 0 Å². The highest BCUT2D eigenvalue weighted by Crippen LogP contribution is 2.53. The fourth-order valence-electron chi connectivity index (χ4n) is 3.34. The Morgan fingerprint density at radius 1 is 0.615 bits per heavy atom. The zero-order valence-electron chi connectivity index (χ0n) is 15.1. The summed E-state index contributed by atoms with van der Waals surface area (Å²) < 4.78 is 0.972. The van der Waals surface area contributed by atoms with Crippen LogP contribution in [0.1, 0.15) is 22.3 Å². The molecule has 2 N–H and O–H groups in total. The van der Waals surface area contributed by atoms with Crippen molar-refractivity contribution in [3.05, 3.63) is 67.6 Å². The SMILES string of the molecule is Cc1ccc(-c2c(O)c(Br)c(-c3ccc(C)cc3C)c(O)c2Br)c(C)c1. The summed E-state index contributed by atoms with van der Waals surface area (Å²) in [5.74, 6) is 0.216. The molecular formula is C22H20Br2O2. The number of phenolic OH excluding ortho intramolecular Hbond substituents is 2. The van der Waals surface area contributed by atoms with Crippen molar-refractivity contribution in [2.45, 2.75) is 27.7 Å². The molecule has 0 aliphatic rings. The molecule has 26 heavy (non-hydrogen) atoms. The van der Waals surface area contributed by atoms with Crippen LogP contribution in [0.4, 0.5) is 0 Å². The van der Waals surface area contributed by atoms with Crippen molar-refractivity contribution in [3.63, 3.8) is 0 Å². The lowest BCUT2D eigenvalue weighted by atomic mass is 9.93. The lowest BCUT2D eigenvalue weighted by Gasteiger charge is -2.19. The van der Waals surface area contributed by atoms with Crippen LogP contribution < -0.4 is 0 Å². The van der Waals surface area contributed by atoms with Gasteiger partial charge in [0, 0.05) is 11.1 Å². The average Bonchev–Trinajstić information content (AvgIpc) is 2.57. The van der Waals surface area contributed by atoms with Gasteiger partial charge in [-0.15, -0.1) is 0 Å². The van der Waals surface area contributed by atoms with Crippen molar-refractivity contribution in [1.29, 1.82) is 0 Å². The van der Waals surface area contributed by atoms with Gasteiger partial charge in [0.05, 0.1) is 8.95 Å². The van der Waals surface area contributed by atoms with E-state index in [2.05, 4.69) is 44.0 Å². The minimum Gasteiger partial charge on any atom is -0.506 e. The highest BCUT2D eigenvalue weighted by molar-refractivity contribution is 9.11. The first-order valence-corrected chi connectivity index (χ1v) is 9.89. The predicted octanol–water partition coefficient (Wildman–Crippen LogP) is 7.19. The van der Waals surface area contributed by atoms with Crippen molar-refractivity contribution in [2.75, 3.05) is 0 Å². The molecule has 0 saturated heterocycles. The van der Waals surface area contributed by atoms with Crippen LogP contribution in [0, 0.1) is 27.7 Å². The second kappa shape index (κ2) is 7.09. The quantitative estimate of drug-likeness (QED) is 0.385. The van der Waals surface area contributed by atoms with Crippen LogP contribution in [0.5, 0.6) is 11.5 Å². The maximum absolute atomic E-state index is 10.9. The van der Waals surface area contributed by atoms with E-state index in [4.69, 9.17) is 0 Å². The normalized spacial score (nSPS) is 11.0. The first-order valence-electron chi connectivity index (χ1n) is 8.30. The van der Waals surface area contributed by atoms with Crippen LogP contribution in [0.2, 0.25) is 0 Å². The van der Waals surface area contributed by atoms with Gasteiger partial charge in [0.2, 0.25) is 0 Å². The fraction of sp³-hybridized carbons (Fsp3) is 0.182. The van der Waals surface area contributed by atoms with Gasteiger partial charge in [0.1, 0.15) is 11.5 Å². The molecule has 0 aliphatic carbocycles. The molecule has 0 saturated carbocycles. The molecule has 134 valence electrons. The first-order chi connectivity index (χ1) is 12.2. The van der Waals surface area contributed by atoms with Crippen molar-refractivity contribution in [1.82, 2.24) is 0 Å². The molecule has 0 amide bonds. The topological polar surface area (TPSA) is 40.5 Å². The van der Waals surface area contributed by atoms with Gasteiger partial charge in [-0.3, -0.25) is 0 Å². The monoisotopic (exact) mass is 474 g/mol. The van der Waals surface area contributed by atoms with Crippen LogP contribution in [-0.4, -0.2) is 10.2 Å². The van der Waals surface area contributed by atoms with Gasteiger partial charge in [-0.2, -0.15) is 0 Å². The Labute approximate surface area is 170 Å². The van der Waals surface area contributed by atoms with Crippen LogP contribution in [-0.2, 0) is 0 Å². The van der Waals surface area contributed by atoms with E-state index in [-0.39, 0.29) is 11.5 Å². The van der Waals surface area contributed by atoms with Crippen molar-refractivity contribution < 1.29 is 10.2 Å². The van der Waals surface area contributed by atoms with Gasteiger partial charge in [0.25, 0.3) is 0 Å². The van der Waals surface area contributed by atoms with E-state index in [0.717, 1.165) is 33.4 Å². The Bertz CT molecular complexity index is 912. The summed E-state index contributed by atoms with van der Waals surface area (Å²) in [6.45, 7) is 8.05. The van der Waals surface area contributed by atoms with Crippen LogP contribution >= 0.6 is 31.9 Å². The Hall–Kier alpha value is -1.78. The molecule has 3 rings (SSSR count). The largest absolute Gasteiger partial charge is 0.506 e. The van der Waals surface area contributed by atoms with E-state index in [1.807, 2.05) is 52.0 Å². The molecule has 0 fully saturated rings. The summed E-state index contributed by atoms with van der Waals surface area (Å²) in [5, 5.41) is 21.9. The molecule has 3 aromatic rings. The fourth-order valence-corrected chi connectivity index (χ4v) is 4.54. The highest BCUT2D eigenvalue weighted by Gasteiger charge is 2.24. The molecule has 0 aliphatic heterocycles. The Morgan fingerprint density at radius 2 is 0.962 bits per heavy atom. The zero-order chi connectivity index (χ0) is 19.2. The number of halogens is 2. The molecule has 0 spiro atoms. The number of aromatic hydroxyl groups is 2. The maximum Gasteiger partial charge on any atom is 0.139 e. The molecule has 4 heteroatoms. The van der Waals surface area contributed by atoms with Gasteiger partial charge in [0.15, 0.2) is 0 Å². The molecule has 0 heterocycles. The lowest BCUT2D eigenvalue weighted by Crippen LogP contribution is -1.93. The molecule has 3 aromatic carbocycles. The van der Waals surface area contributed by atoms with Gasteiger partial charge < -0.3 is 10.2 Å². The predicted molar refractivity (Wildman–Crippen MR) is 115 cm³/mol. The third-order valence-electron chi connectivity index (χ3n) is 4.63. The molecular weight excluding hydrogens is 456 g/mol. The molecule has 0 unspecified atom stereocenters. The minimum absolute atomic E-state index is 0.108. The summed E-state index contributed by atoms with van der Waals surface area (Å²) in [7, 11) is 0. The number of phenols is 2. The average molecular weight is 476 g/mol. The van der Waals surface area contributed by atoms with Gasteiger partial charge in [-0.25, -0.2) is 0 Å². The highest BCUT2D eigenvalue weighted by atomic mass is 79.9. The number of benzene rings is 3. The van der Waals surface area contributed by atoms with E-state index in [0.29, 0.717) is 20.1 Å². The Kier molecular flexibility index (Phi) is 5.18. The Morgan fingerprint density at radius 3 is 1.27 bits per heavy atom. The molecule has 0 aromatic heterocycles. The Balaban J connectivity index is 2.33. The summed E-state index contributed by atoms with van der Waals surface area (Å²) in [4.78, 5) is 0. The van der Waals surface area contributed by atoms with Crippen LogP contribution in [0.15, 0.2) is 45.3 Å². The van der Waals surface area contributed by atoms with Gasteiger partial charge in [-0.05, 0) is 81.8 Å². The van der Waals surface area contributed by atoms with Gasteiger partial charge in [-0.1, -0.05) is 47.5 Å². The molecule has 0 bridgehead atoms. The van der Waals surface area contributed by atoms with Crippen molar-refractivity contribution in [3.8, 4) is 33.8 Å². The van der Waals surface area contributed by atoms with E-state index in [9.17, 15) is 10.2 Å². The third-order valence-corrected chi connectivity index (χ3v) is 6.18. The second-order valence-electron chi connectivity index (χ2n) is 6.71. The van der Waals surface area contributed by atoms with Crippen molar-refractivity contribution in [2.24, 2.45) is 0 Å². The smallest absolute Gasteiger partial charge is 0.139 e. The second-order valence-corrected chi connectivity index (χ2v) is 8.30. The number of rotatable bonds is 2. The summed E-state index contributed by atoms with van der Waals surface area (Å²) >= 11 is 7.02. The summed E-state index contributed by atoms with van der Waals surface area (Å²) in [5.41, 5.74) is 7.29. The molecule has 0 radical (unpaired) electrons. The lowest BCUT2D eigenvalue weighted by molar-refractivity contribution is 0.458. The standard InChI is InChI=1S/C22H20Br2O2/c1-11-5-7-15(13(3)9-11)17-19(23)22(26)18(20(24)21(17)25)16-8-6-12(2)10-14(16)4/h5-10,25-26H,1-4H3. The molecule has 2 nitrogen and oxygen atoms in total. The number of aryl methyl sites for hydroxylation is 4. The third kappa shape index (κ3) is 3.17. The first kappa shape index (κ1) is 19.0. The van der Waals surface area contributed by atoms with E-state index >= 15 is 0 Å². The minimum atomic E-state index is 0.108. The number of hydrogen-bond acceptors (Lipinski definition) is 2. The summed E-state index contributed by atoms with van der Waals surface area (Å²) in [6, 6.07) is 12.0. The molecule has 0 atom stereocenters. The van der Waals surface area contributed by atoms with E-state index in [1.54, 1.807) is 0 Å².